The second-order valence-electron chi connectivity index (χ2n) is 4.60. The molecule has 1 atom stereocenters. The maximum atomic E-state index is 11.8. The molecule has 0 radical (unpaired) electrons. The van der Waals surface area contributed by atoms with Crippen LogP contribution in [0.2, 0.25) is 0 Å². The predicted molar refractivity (Wildman–Crippen MR) is 82.1 cm³/mol. The quantitative estimate of drug-likeness (QED) is 0.352. The van der Waals surface area contributed by atoms with Gasteiger partial charge in [0.15, 0.2) is 0 Å². The SMILES string of the molecule is CNCCNC(CC(=O)OC)NC(=O)OCc1ccccc1. The number of likely N-dealkylation sites (N-methyl/N-ethyl adjacent to an activating group) is 1. The minimum absolute atomic E-state index is 0.0284. The lowest BCUT2D eigenvalue weighted by Crippen LogP contribution is -2.48. The van der Waals surface area contributed by atoms with Crippen LogP contribution in [-0.2, 0) is 20.9 Å². The molecule has 1 aromatic carbocycles. The molecule has 0 aliphatic carbocycles. The fourth-order valence-corrected chi connectivity index (χ4v) is 1.70. The van der Waals surface area contributed by atoms with Gasteiger partial charge in [-0.15, -0.1) is 0 Å². The topological polar surface area (TPSA) is 88.7 Å². The van der Waals surface area contributed by atoms with Crippen molar-refractivity contribution >= 4 is 12.1 Å². The first-order valence-electron chi connectivity index (χ1n) is 7.07. The average Bonchev–Trinajstić information content (AvgIpc) is 2.54. The van der Waals surface area contributed by atoms with E-state index in [9.17, 15) is 9.59 Å². The van der Waals surface area contributed by atoms with E-state index in [1.165, 1.54) is 7.11 Å². The normalized spacial score (nSPS) is 11.5. The summed E-state index contributed by atoms with van der Waals surface area (Å²) in [5.74, 6) is -0.412. The summed E-state index contributed by atoms with van der Waals surface area (Å²) < 4.78 is 9.73. The number of methoxy groups -OCH3 is 1. The molecule has 0 heterocycles. The summed E-state index contributed by atoms with van der Waals surface area (Å²) in [5, 5.41) is 8.62. The molecule has 1 rings (SSSR count). The minimum Gasteiger partial charge on any atom is -0.469 e. The number of carbonyl (C=O) groups excluding carboxylic acids is 2. The zero-order valence-corrected chi connectivity index (χ0v) is 12.9. The Morgan fingerprint density at radius 3 is 2.55 bits per heavy atom. The smallest absolute Gasteiger partial charge is 0.408 e. The summed E-state index contributed by atoms with van der Waals surface area (Å²) in [6.07, 6.45) is -1.10. The van der Waals surface area contributed by atoms with Crippen LogP contribution in [-0.4, -0.2) is 45.5 Å². The molecule has 1 aromatic rings. The lowest BCUT2D eigenvalue weighted by Gasteiger charge is -2.19. The summed E-state index contributed by atoms with van der Waals surface area (Å²) in [7, 11) is 3.12. The van der Waals surface area contributed by atoms with Crippen molar-refractivity contribution in [2.24, 2.45) is 0 Å². The van der Waals surface area contributed by atoms with Crippen molar-refractivity contribution in [3.05, 3.63) is 35.9 Å². The Morgan fingerprint density at radius 2 is 1.91 bits per heavy atom. The predicted octanol–water partition coefficient (Wildman–Crippen LogP) is 0.611. The van der Waals surface area contributed by atoms with Gasteiger partial charge in [0.25, 0.3) is 0 Å². The number of nitrogens with one attached hydrogen (secondary N) is 3. The Balaban J connectivity index is 2.41. The van der Waals surface area contributed by atoms with Crippen molar-refractivity contribution in [1.82, 2.24) is 16.0 Å². The van der Waals surface area contributed by atoms with Crippen LogP contribution < -0.4 is 16.0 Å². The van der Waals surface area contributed by atoms with Gasteiger partial charge in [0.2, 0.25) is 0 Å². The monoisotopic (exact) mass is 309 g/mol. The molecule has 3 N–H and O–H groups in total. The van der Waals surface area contributed by atoms with Crippen LogP contribution in [0, 0.1) is 0 Å². The molecule has 1 unspecified atom stereocenters. The van der Waals surface area contributed by atoms with E-state index in [2.05, 4.69) is 20.7 Å². The van der Waals surface area contributed by atoms with Gasteiger partial charge in [-0.3, -0.25) is 10.1 Å². The van der Waals surface area contributed by atoms with E-state index in [-0.39, 0.29) is 13.0 Å². The van der Waals surface area contributed by atoms with Gasteiger partial charge in [-0.25, -0.2) is 4.79 Å². The number of esters is 1. The van der Waals surface area contributed by atoms with E-state index in [0.717, 1.165) is 5.56 Å². The fourth-order valence-electron chi connectivity index (χ4n) is 1.70. The first-order chi connectivity index (χ1) is 10.7. The van der Waals surface area contributed by atoms with Gasteiger partial charge in [0.05, 0.1) is 19.7 Å². The molecule has 122 valence electrons. The molecule has 0 aliphatic rings. The van der Waals surface area contributed by atoms with Gasteiger partial charge in [-0.05, 0) is 12.6 Å². The van der Waals surface area contributed by atoms with E-state index in [0.29, 0.717) is 13.1 Å². The summed E-state index contributed by atoms with van der Waals surface area (Å²) >= 11 is 0. The maximum absolute atomic E-state index is 11.8. The third-order valence-electron chi connectivity index (χ3n) is 2.87. The summed E-state index contributed by atoms with van der Waals surface area (Å²) in [4.78, 5) is 23.1. The highest BCUT2D eigenvalue weighted by molar-refractivity contribution is 5.72. The molecule has 0 aliphatic heterocycles. The molecule has 0 aromatic heterocycles. The van der Waals surface area contributed by atoms with Crippen LogP contribution in [0.15, 0.2) is 30.3 Å². The van der Waals surface area contributed by atoms with E-state index in [1.807, 2.05) is 37.4 Å². The summed E-state index contributed by atoms with van der Waals surface area (Å²) in [6.45, 7) is 1.48. The number of ether oxygens (including phenoxy) is 2. The fraction of sp³-hybridized carbons (Fsp3) is 0.467. The van der Waals surface area contributed by atoms with E-state index < -0.39 is 18.2 Å². The van der Waals surface area contributed by atoms with Crippen LogP contribution >= 0.6 is 0 Å². The molecule has 0 bridgehead atoms. The second kappa shape index (κ2) is 10.6. The Bertz CT molecular complexity index is 453. The van der Waals surface area contributed by atoms with E-state index in [4.69, 9.17) is 4.74 Å². The van der Waals surface area contributed by atoms with Crippen molar-refractivity contribution in [1.29, 1.82) is 0 Å². The molecule has 0 fully saturated rings. The minimum atomic E-state index is -0.588. The standard InChI is InChI=1S/C15H23N3O4/c1-16-8-9-17-13(10-14(19)21-2)18-15(20)22-11-12-6-4-3-5-7-12/h3-7,13,16-17H,8-11H2,1-2H3,(H,18,20). The molecule has 7 heteroatoms. The summed E-state index contributed by atoms with van der Waals surface area (Å²) in [5.41, 5.74) is 0.894. The third kappa shape index (κ3) is 7.61. The number of rotatable bonds is 9. The van der Waals surface area contributed by atoms with Crippen molar-refractivity contribution < 1.29 is 19.1 Å². The molecule has 1 amide bonds. The maximum Gasteiger partial charge on any atom is 0.408 e. The number of hydrogen-bond acceptors (Lipinski definition) is 6. The van der Waals surface area contributed by atoms with Crippen LogP contribution in [0.3, 0.4) is 0 Å². The van der Waals surface area contributed by atoms with Crippen LogP contribution in [0.1, 0.15) is 12.0 Å². The zero-order valence-electron chi connectivity index (χ0n) is 12.9. The highest BCUT2D eigenvalue weighted by Crippen LogP contribution is 2.01. The lowest BCUT2D eigenvalue weighted by molar-refractivity contribution is -0.141. The van der Waals surface area contributed by atoms with Gasteiger partial charge in [0, 0.05) is 13.1 Å². The summed E-state index contributed by atoms with van der Waals surface area (Å²) in [6, 6.07) is 9.36. The zero-order chi connectivity index (χ0) is 16.2. The van der Waals surface area contributed by atoms with Gasteiger partial charge in [0.1, 0.15) is 6.61 Å². The van der Waals surface area contributed by atoms with Gasteiger partial charge < -0.3 is 20.1 Å². The Morgan fingerprint density at radius 1 is 1.18 bits per heavy atom. The van der Waals surface area contributed by atoms with Gasteiger partial charge in [-0.2, -0.15) is 0 Å². The molecule has 7 nitrogen and oxygen atoms in total. The van der Waals surface area contributed by atoms with Crippen LogP contribution in [0.4, 0.5) is 4.79 Å². The van der Waals surface area contributed by atoms with E-state index in [1.54, 1.807) is 0 Å². The highest BCUT2D eigenvalue weighted by atomic mass is 16.5. The number of alkyl carbamates (subject to hydrolysis) is 1. The Kier molecular flexibility index (Phi) is 8.63. The van der Waals surface area contributed by atoms with Gasteiger partial charge in [-0.1, -0.05) is 30.3 Å². The van der Waals surface area contributed by atoms with Crippen LogP contribution in [0.25, 0.3) is 0 Å². The third-order valence-corrected chi connectivity index (χ3v) is 2.87. The highest BCUT2D eigenvalue weighted by Gasteiger charge is 2.16. The number of benzene rings is 1. The molecular formula is C15H23N3O4. The molecule has 0 saturated heterocycles. The van der Waals surface area contributed by atoms with Crippen molar-refractivity contribution in [3.63, 3.8) is 0 Å². The van der Waals surface area contributed by atoms with E-state index >= 15 is 0 Å². The first-order valence-corrected chi connectivity index (χ1v) is 7.07. The first kappa shape index (κ1) is 17.9. The molecule has 0 saturated carbocycles. The number of amides is 1. The van der Waals surface area contributed by atoms with Crippen molar-refractivity contribution in [3.8, 4) is 0 Å². The Hall–Kier alpha value is -2.12. The average molecular weight is 309 g/mol. The van der Waals surface area contributed by atoms with Crippen molar-refractivity contribution in [2.75, 3.05) is 27.2 Å². The Labute approximate surface area is 130 Å². The lowest BCUT2D eigenvalue weighted by atomic mass is 10.2. The number of hydrogen-bond donors (Lipinski definition) is 3. The van der Waals surface area contributed by atoms with Gasteiger partial charge >= 0.3 is 12.1 Å². The number of carbonyl (C=O) groups is 2. The van der Waals surface area contributed by atoms with Crippen LogP contribution in [0.5, 0.6) is 0 Å². The molecular weight excluding hydrogens is 286 g/mol. The molecule has 22 heavy (non-hydrogen) atoms. The van der Waals surface area contributed by atoms with Crippen molar-refractivity contribution in [2.45, 2.75) is 19.2 Å². The largest absolute Gasteiger partial charge is 0.469 e. The molecule has 0 spiro atoms. The second-order valence-corrected chi connectivity index (χ2v) is 4.60.